The van der Waals surface area contributed by atoms with Crippen LogP contribution in [0.4, 0.5) is 5.69 Å². The van der Waals surface area contributed by atoms with Gasteiger partial charge in [0.25, 0.3) is 0 Å². The summed E-state index contributed by atoms with van der Waals surface area (Å²) in [6.45, 7) is 0. The van der Waals surface area contributed by atoms with E-state index in [2.05, 4.69) is 199 Å². The molecule has 280 valence electrons. The molecule has 0 aliphatic heterocycles. The van der Waals surface area contributed by atoms with Crippen LogP contribution in [0.3, 0.4) is 0 Å². The summed E-state index contributed by atoms with van der Waals surface area (Å²) in [5.74, 6) is 1.07. The van der Waals surface area contributed by atoms with Crippen molar-refractivity contribution < 1.29 is 0 Å². The number of fused-ring (bicyclic) bond motifs is 11. The fraction of sp³-hybridized carbons (Fsp3) is 0.193. The maximum absolute atomic E-state index is 2.65. The summed E-state index contributed by atoms with van der Waals surface area (Å²) in [6.07, 6.45) is 33.8. The number of rotatable bonds is 5. The second-order valence-corrected chi connectivity index (χ2v) is 17.4. The van der Waals surface area contributed by atoms with E-state index in [1.54, 1.807) is 16.7 Å². The first-order chi connectivity index (χ1) is 28.7. The van der Waals surface area contributed by atoms with E-state index in [0.717, 1.165) is 6.42 Å². The van der Waals surface area contributed by atoms with Crippen LogP contribution in [0.1, 0.15) is 77.8 Å². The smallest absolute Gasteiger partial charge is 0.0714 e. The van der Waals surface area contributed by atoms with Gasteiger partial charge in [-0.15, -0.1) is 0 Å². The summed E-state index contributed by atoms with van der Waals surface area (Å²) in [4.78, 5) is 2.63. The molecule has 5 aromatic carbocycles. The van der Waals surface area contributed by atoms with Gasteiger partial charge in [0.1, 0.15) is 0 Å². The lowest BCUT2D eigenvalue weighted by molar-refractivity contribution is 0.341. The Balaban J connectivity index is 1.08. The average molecular weight is 746 g/mol. The number of anilines is 1. The lowest BCUT2D eigenvalue weighted by Crippen LogP contribution is -2.32. The molecule has 7 aliphatic carbocycles. The normalized spacial score (nSPS) is 23.5. The molecule has 3 unspecified atom stereocenters. The largest absolute Gasteiger partial charge is 0.311 e. The minimum atomic E-state index is -0.463. The first-order valence-corrected chi connectivity index (χ1v) is 21.6. The summed E-state index contributed by atoms with van der Waals surface area (Å²) in [7, 11) is 0. The molecule has 1 saturated carbocycles. The van der Waals surface area contributed by atoms with Crippen LogP contribution in [0.15, 0.2) is 222 Å². The molecule has 0 heterocycles. The van der Waals surface area contributed by atoms with Crippen LogP contribution in [0.2, 0.25) is 0 Å². The van der Waals surface area contributed by atoms with Gasteiger partial charge < -0.3 is 4.90 Å². The topological polar surface area (TPSA) is 3.24 Å². The Kier molecular flexibility index (Phi) is 7.71. The van der Waals surface area contributed by atoms with Gasteiger partial charge in [-0.2, -0.15) is 0 Å². The third-order valence-corrected chi connectivity index (χ3v) is 14.7. The quantitative estimate of drug-likeness (QED) is 0.170. The third kappa shape index (κ3) is 4.83. The van der Waals surface area contributed by atoms with Gasteiger partial charge in [0.05, 0.1) is 5.41 Å². The molecule has 12 rings (SSSR count). The van der Waals surface area contributed by atoms with Gasteiger partial charge in [-0.1, -0.05) is 189 Å². The van der Waals surface area contributed by atoms with E-state index >= 15 is 0 Å². The van der Waals surface area contributed by atoms with Crippen LogP contribution < -0.4 is 4.90 Å². The molecule has 3 atom stereocenters. The van der Waals surface area contributed by atoms with E-state index in [4.69, 9.17) is 0 Å². The Hall–Kier alpha value is -6.18. The number of nitrogens with zero attached hydrogens (tertiary/aromatic N) is 1. The number of hydrogen-bond donors (Lipinski definition) is 0. The van der Waals surface area contributed by atoms with Crippen molar-refractivity contribution in [3.63, 3.8) is 0 Å². The summed E-state index contributed by atoms with van der Waals surface area (Å²) in [6, 6.07) is 48.4. The van der Waals surface area contributed by atoms with Crippen LogP contribution in [0.25, 0.3) is 11.1 Å². The van der Waals surface area contributed by atoms with Gasteiger partial charge in [0, 0.05) is 40.3 Å². The van der Waals surface area contributed by atoms with E-state index < -0.39 is 5.41 Å². The molecule has 0 saturated heterocycles. The monoisotopic (exact) mass is 745 g/mol. The molecule has 1 fully saturated rings. The third-order valence-electron chi connectivity index (χ3n) is 14.7. The highest BCUT2D eigenvalue weighted by atomic mass is 15.2. The van der Waals surface area contributed by atoms with Crippen molar-refractivity contribution >= 4 is 5.69 Å². The fourth-order valence-electron chi connectivity index (χ4n) is 12.2. The molecule has 0 radical (unpaired) electrons. The Morgan fingerprint density at radius 3 is 2.03 bits per heavy atom. The first kappa shape index (κ1) is 33.9. The molecular weight excluding hydrogens is 699 g/mol. The summed E-state index contributed by atoms with van der Waals surface area (Å²) in [5, 5.41) is 0. The van der Waals surface area contributed by atoms with Crippen molar-refractivity contribution in [3.05, 3.63) is 256 Å². The highest BCUT2D eigenvalue weighted by molar-refractivity contribution is 5.88. The van der Waals surface area contributed by atoms with Gasteiger partial charge in [-0.05, 0) is 105 Å². The van der Waals surface area contributed by atoms with E-state index in [9.17, 15) is 0 Å². The lowest BCUT2D eigenvalue weighted by Gasteiger charge is -2.40. The summed E-state index contributed by atoms with van der Waals surface area (Å²) >= 11 is 0. The van der Waals surface area contributed by atoms with Crippen molar-refractivity contribution in [2.24, 2.45) is 11.8 Å². The Bertz CT molecular complexity index is 2700. The molecule has 58 heavy (non-hydrogen) atoms. The van der Waals surface area contributed by atoms with E-state index in [0.29, 0.717) is 11.8 Å². The fourth-order valence-corrected chi connectivity index (χ4v) is 12.2. The van der Waals surface area contributed by atoms with Gasteiger partial charge in [0.2, 0.25) is 0 Å². The van der Waals surface area contributed by atoms with Gasteiger partial charge in [-0.3, -0.25) is 0 Å². The molecule has 7 aliphatic rings. The highest BCUT2D eigenvalue weighted by Gasteiger charge is 2.50. The zero-order valence-corrected chi connectivity index (χ0v) is 32.9. The van der Waals surface area contributed by atoms with Crippen molar-refractivity contribution in [2.75, 3.05) is 4.90 Å². The maximum atomic E-state index is 2.65. The van der Waals surface area contributed by atoms with Gasteiger partial charge in [0.15, 0.2) is 0 Å². The molecule has 1 spiro atoms. The second kappa shape index (κ2) is 13.2. The van der Waals surface area contributed by atoms with Crippen molar-refractivity contribution in [1.29, 1.82) is 0 Å². The number of allylic oxidation sites excluding steroid dienone is 14. The molecule has 0 amide bonds. The predicted molar refractivity (Wildman–Crippen MR) is 240 cm³/mol. The molecule has 0 N–H and O–H groups in total. The van der Waals surface area contributed by atoms with E-state index in [-0.39, 0.29) is 11.3 Å². The summed E-state index contributed by atoms with van der Waals surface area (Å²) < 4.78 is 0. The van der Waals surface area contributed by atoms with Crippen LogP contribution >= 0.6 is 0 Å². The Morgan fingerprint density at radius 1 is 0.552 bits per heavy atom. The van der Waals surface area contributed by atoms with Crippen LogP contribution in [0.5, 0.6) is 0 Å². The zero-order valence-electron chi connectivity index (χ0n) is 32.9. The zero-order chi connectivity index (χ0) is 38.3. The average Bonchev–Trinajstić information content (AvgIpc) is 3.74. The molecule has 0 bridgehead atoms. The second-order valence-electron chi connectivity index (χ2n) is 17.4. The molecular formula is C57H47N. The number of hydrogen-bond acceptors (Lipinski definition) is 1. The standard InChI is InChI=1S/C57H47N/c1-4-17-41(18-5-1)57(42-19-6-2-7-20-42)53-25-13-11-23-48(53)50-33-31-45(38-55(50)57)58(43-29-28-40-27-26-39-16-8-9-21-46(39)51(40)36-43)44-30-32-49-47-22-10-12-24-52(47)56(54(49)37-44)34-14-3-15-35-56/h1-2,4-13,16-31,33,36-38,46,49,51H,3,14-15,32,34-35H2. The molecule has 0 aromatic heterocycles. The van der Waals surface area contributed by atoms with Crippen LogP contribution in [-0.4, -0.2) is 0 Å². The predicted octanol–water partition coefficient (Wildman–Crippen LogP) is 13.7. The number of benzene rings is 5. The van der Waals surface area contributed by atoms with Crippen LogP contribution in [-0.2, 0) is 10.8 Å². The lowest BCUT2D eigenvalue weighted by atomic mass is 9.66. The van der Waals surface area contributed by atoms with Gasteiger partial charge >= 0.3 is 0 Å². The Labute approximate surface area is 343 Å². The molecule has 1 nitrogen and oxygen atoms in total. The van der Waals surface area contributed by atoms with Crippen molar-refractivity contribution in [2.45, 2.75) is 55.3 Å². The Morgan fingerprint density at radius 2 is 1.24 bits per heavy atom. The minimum Gasteiger partial charge on any atom is -0.311 e. The van der Waals surface area contributed by atoms with Gasteiger partial charge in [-0.25, -0.2) is 0 Å². The molecule has 1 heteroatoms. The van der Waals surface area contributed by atoms with Crippen LogP contribution in [0, 0.1) is 11.8 Å². The minimum absolute atomic E-state index is 0.134. The highest BCUT2D eigenvalue weighted by Crippen LogP contribution is 2.61. The first-order valence-electron chi connectivity index (χ1n) is 21.6. The van der Waals surface area contributed by atoms with Crippen molar-refractivity contribution in [1.82, 2.24) is 0 Å². The molecule has 5 aromatic rings. The maximum Gasteiger partial charge on any atom is 0.0714 e. The van der Waals surface area contributed by atoms with E-state index in [1.807, 2.05) is 0 Å². The summed E-state index contributed by atoms with van der Waals surface area (Å²) in [5.41, 5.74) is 19.0. The van der Waals surface area contributed by atoms with E-state index in [1.165, 1.54) is 93.7 Å². The van der Waals surface area contributed by atoms with Crippen molar-refractivity contribution in [3.8, 4) is 11.1 Å². The SMILES string of the molecule is C1=CC2=CC=C3C=CC(N(C4=CCC5C(=C4)C4(CCCCC4)c4ccccc45)c4ccc5c(c4)C(c4ccccc4)(c4ccccc4)c4ccccc4-5)=CC3C2C=C1.